The molecule has 2 aromatic carbocycles. The Morgan fingerprint density at radius 3 is 2.50 bits per heavy atom. The number of benzene rings is 2. The zero-order valence-corrected chi connectivity index (χ0v) is 17.8. The van der Waals surface area contributed by atoms with E-state index in [0.717, 1.165) is 16.6 Å². The largest absolute Gasteiger partial charge is 0.493 e. The number of H-pyrrole nitrogens is 2. The molecule has 0 fully saturated rings. The Bertz CT molecular complexity index is 1540. The van der Waals surface area contributed by atoms with Crippen LogP contribution in [0, 0.1) is 0 Å². The van der Waals surface area contributed by atoms with Gasteiger partial charge in [0.1, 0.15) is 5.39 Å². The fraction of sp³-hybridized carbons (Fsp3) is 0.174. The Hall–Kier alpha value is -4.27. The number of nitrogens with zero attached hydrogens (tertiary/aromatic N) is 5. The van der Waals surface area contributed by atoms with E-state index in [1.165, 1.54) is 6.20 Å². The standard InChI is InChI=1S/C23H21N7O2/c1-23(2,3)30-19-16(12-24-30)20(31)27-22(26-19)29-28-18-15-11-14(13-7-5-4-6-8-13)9-10-17(15)25-21(18)32/h4-12,25,32H,1-3H3,(H,26,27,31). The molecule has 0 saturated carbocycles. The first kappa shape index (κ1) is 19.7. The van der Waals surface area contributed by atoms with Gasteiger partial charge < -0.3 is 10.1 Å². The predicted octanol–water partition coefficient (Wildman–Crippen LogP) is 5.14. The van der Waals surface area contributed by atoms with Gasteiger partial charge in [-0.25, -0.2) is 4.68 Å². The molecular weight excluding hydrogens is 406 g/mol. The van der Waals surface area contributed by atoms with Crippen LogP contribution in [0.4, 0.5) is 11.6 Å². The number of hydrogen-bond acceptors (Lipinski definition) is 6. The molecule has 0 amide bonds. The van der Waals surface area contributed by atoms with Crippen molar-refractivity contribution >= 4 is 33.6 Å². The number of aromatic amines is 2. The summed E-state index contributed by atoms with van der Waals surface area (Å²) in [4.78, 5) is 22.4. The van der Waals surface area contributed by atoms with Crippen molar-refractivity contribution in [1.82, 2.24) is 24.7 Å². The summed E-state index contributed by atoms with van der Waals surface area (Å²) in [5, 5.41) is 24.1. The number of fused-ring (bicyclic) bond motifs is 2. The highest BCUT2D eigenvalue weighted by Crippen LogP contribution is 2.38. The molecule has 3 aromatic heterocycles. The van der Waals surface area contributed by atoms with Crippen LogP contribution in [0.2, 0.25) is 0 Å². The van der Waals surface area contributed by atoms with Crippen molar-refractivity contribution in [1.29, 1.82) is 0 Å². The van der Waals surface area contributed by atoms with Gasteiger partial charge in [-0.2, -0.15) is 10.1 Å². The first-order valence-electron chi connectivity index (χ1n) is 10.1. The van der Waals surface area contributed by atoms with Crippen molar-refractivity contribution in [2.45, 2.75) is 26.3 Å². The van der Waals surface area contributed by atoms with Gasteiger partial charge in [-0.3, -0.25) is 9.78 Å². The molecule has 0 spiro atoms. The third-order valence-electron chi connectivity index (χ3n) is 5.16. The van der Waals surface area contributed by atoms with Gasteiger partial charge in [-0.15, -0.1) is 10.2 Å². The van der Waals surface area contributed by atoms with E-state index in [1.807, 2.05) is 69.3 Å². The molecule has 5 aromatic rings. The lowest BCUT2D eigenvalue weighted by molar-refractivity contribution is 0.366. The Morgan fingerprint density at radius 2 is 1.75 bits per heavy atom. The van der Waals surface area contributed by atoms with Gasteiger partial charge in [-0.1, -0.05) is 36.4 Å². The summed E-state index contributed by atoms with van der Waals surface area (Å²) in [5.41, 5.74) is 2.72. The molecule has 160 valence electrons. The molecule has 0 atom stereocenters. The van der Waals surface area contributed by atoms with Crippen molar-refractivity contribution in [2.75, 3.05) is 0 Å². The minimum absolute atomic E-state index is 0.0291. The molecule has 32 heavy (non-hydrogen) atoms. The number of aromatic nitrogens is 5. The highest BCUT2D eigenvalue weighted by atomic mass is 16.3. The Morgan fingerprint density at radius 1 is 0.969 bits per heavy atom. The van der Waals surface area contributed by atoms with Gasteiger partial charge in [0.15, 0.2) is 11.3 Å². The van der Waals surface area contributed by atoms with Gasteiger partial charge in [0, 0.05) is 5.39 Å². The van der Waals surface area contributed by atoms with Crippen molar-refractivity contribution in [2.24, 2.45) is 10.2 Å². The number of azo groups is 1. The van der Waals surface area contributed by atoms with Crippen LogP contribution in [0.15, 0.2) is 69.8 Å². The van der Waals surface area contributed by atoms with Crippen molar-refractivity contribution < 1.29 is 5.11 Å². The second-order valence-corrected chi connectivity index (χ2v) is 8.50. The summed E-state index contributed by atoms with van der Waals surface area (Å²) in [6.45, 7) is 5.91. The van der Waals surface area contributed by atoms with E-state index in [9.17, 15) is 9.90 Å². The molecule has 0 aliphatic heterocycles. The highest BCUT2D eigenvalue weighted by molar-refractivity contribution is 5.96. The van der Waals surface area contributed by atoms with E-state index in [2.05, 4.69) is 30.3 Å². The Kier molecular flexibility index (Phi) is 4.40. The van der Waals surface area contributed by atoms with Crippen molar-refractivity contribution in [3.63, 3.8) is 0 Å². The normalized spacial score (nSPS) is 12.3. The highest BCUT2D eigenvalue weighted by Gasteiger charge is 2.20. The molecule has 0 bridgehead atoms. The van der Waals surface area contributed by atoms with Crippen LogP contribution in [-0.4, -0.2) is 29.8 Å². The topological polar surface area (TPSA) is 124 Å². The molecule has 3 N–H and O–H groups in total. The van der Waals surface area contributed by atoms with Crippen LogP contribution in [-0.2, 0) is 5.54 Å². The van der Waals surface area contributed by atoms with Crippen LogP contribution in [0.5, 0.6) is 5.88 Å². The first-order valence-corrected chi connectivity index (χ1v) is 10.1. The molecule has 0 radical (unpaired) electrons. The van der Waals surface area contributed by atoms with Crippen molar-refractivity contribution in [3.8, 4) is 17.0 Å². The van der Waals surface area contributed by atoms with Gasteiger partial charge >= 0.3 is 0 Å². The summed E-state index contributed by atoms with van der Waals surface area (Å²) < 4.78 is 1.67. The number of hydrogen-bond donors (Lipinski definition) is 3. The fourth-order valence-electron chi connectivity index (χ4n) is 3.62. The van der Waals surface area contributed by atoms with Gasteiger partial charge in [0.25, 0.3) is 11.5 Å². The maximum Gasteiger partial charge on any atom is 0.263 e. The molecule has 3 heterocycles. The quantitative estimate of drug-likeness (QED) is 0.345. The lowest BCUT2D eigenvalue weighted by Crippen LogP contribution is -2.23. The molecular formula is C23H21N7O2. The number of aromatic hydroxyl groups is 1. The Labute approximate surface area is 182 Å². The molecule has 0 unspecified atom stereocenters. The van der Waals surface area contributed by atoms with Gasteiger partial charge in [0.2, 0.25) is 5.88 Å². The van der Waals surface area contributed by atoms with Crippen molar-refractivity contribution in [3.05, 3.63) is 65.1 Å². The SMILES string of the molecule is CC(C)(C)n1ncc2c(=O)[nH]c(N=Nc3c(O)[nH]c4ccc(-c5ccccc5)cc34)nc21. The maximum atomic E-state index is 12.5. The fourth-order valence-corrected chi connectivity index (χ4v) is 3.62. The molecule has 0 aliphatic carbocycles. The number of nitrogens with one attached hydrogen (secondary N) is 2. The van der Waals surface area contributed by atoms with Gasteiger partial charge in [0.05, 0.1) is 17.3 Å². The zero-order valence-electron chi connectivity index (χ0n) is 17.8. The average molecular weight is 427 g/mol. The van der Waals surface area contributed by atoms with Crippen LogP contribution >= 0.6 is 0 Å². The molecule has 0 saturated heterocycles. The number of rotatable bonds is 3. The van der Waals surface area contributed by atoms with E-state index in [4.69, 9.17) is 0 Å². The molecule has 5 rings (SSSR count). The van der Waals surface area contributed by atoms with E-state index in [-0.39, 0.29) is 28.6 Å². The third-order valence-corrected chi connectivity index (χ3v) is 5.16. The second kappa shape index (κ2) is 7.16. The summed E-state index contributed by atoms with van der Waals surface area (Å²) in [7, 11) is 0. The first-order chi connectivity index (χ1) is 15.3. The summed E-state index contributed by atoms with van der Waals surface area (Å²) in [5.74, 6) is -0.0846. The van der Waals surface area contributed by atoms with Crippen LogP contribution < -0.4 is 5.56 Å². The predicted molar refractivity (Wildman–Crippen MR) is 123 cm³/mol. The zero-order chi connectivity index (χ0) is 22.5. The van der Waals surface area contributed by atoms with E-state index in [0.29, 0.717) is 16.4 Å². The summed E-state index contributed by atoms with van der Waals surface area (Å²) >= 11 is 0. The summed E-state index contributed by atoms with van der Waals surface area (Å²) in [6.07, 6.45) is 1.49. The maximum absolute atomic E-state index is 12.5. The lowest BCUT2D eigenvalue weighted by atomic mass is 10.0. The Balaban J connectivity index is 1.60. The average Bonchev–Trinajstić information content (AvgIpc) is 3.33. The molecule has 0 aliphatic rings. The van der Waals surface area contributed by atoms with E-state index < -0.39 is 0 Å². The van der Waals surface area contributed by atoms with Crippen LogP contribution in [0.3, 0.4) is 0 Å². The third kappa shape index (κ3) is 3.33. The molecule has 9 heteroatoms. The summed E-state index contributed by atoms with van der Waals surface area (Å²) in [6, 6.07) is 15.7. The lowest BCUT2D eigenvalue weighted by Gasteiger charge is -2.19. The van der Waals surface area contributed by atoms with Crippen LogP contribution in [0.25, 0.3) is 33.1 Å². The minimum atomic E-state index is -0.361. The van der Waals surface area contributed by atoms with Crippen LogP contribution in [0.1, 0.15) is 20.8 Å². The second-order valence-electron chi connectivity index (χ2n) is 8.50. The van der Waals surface area contributed by atoms with Gasteiger partial charge in [-0.05, 0) is 44.0 Å². The monoisotopic (exact) mass is 427 g/mol. The van der Waals surface area contributed by atoms with E-state index >= 15 is 0 Å². The minimum Gasteiger partial charge on any atom is -0.493 e. The van der Waals surface area contributed by atoms with E-state index in [1.54, 1.807) is 4.68 Å². The molecule has 9 nitrogen and oxygen atoms in total. The smallest absolute Gasteiger partial charge is 0.263 e.